The first kappa shape index (κ1) is 30.8. The second-order valence-corrected chi connectivity index (χ2v) is 11.0. The second kappa shape index (κ2) is 15.8. The van der Waals surface area contributed by atoms with Gasteiger partial charge in [0.15, 0.2) is 17.3 Å². The molecule has 40 heavy (non-hydrogen) atoms. The summed E-state index contributed by atoms with van der Waals surface area (Å²) in [4.78, 5) is 12.6. The van der Waals surface area contributed by atoms with Crippen molar-refractivity contribution in [2.45, 2.75) is 72.1 Å². The molecule has 0 amide bonds. The number of allylic oxidation sites excluding steroid dienone is 2. The van der Waals surface area contributed by atoms with Gasteiger partial charge < -0.3 is 20.1 Å². The molecule has 0 saturated carbocycles. The molecule has 0 bridgehead atoms. The molecule has 0 aliphatic carbocycles. The van der Waals surface area contributed by atoms with Crippen LogP contribution in [0.4, 0.5) is 0 Å². The lowest BCUT2D eigenvalue weighted by molar-refractivity contribution is -0.114. The Morgan fingerprint density at radius 3 is 2.35 bits per heavy atom. The molecule has 1 unspecified atom stereocenters. The highest BCUT2D eigenvalue weighted by atomic mass is 16.5. The molecule has 5 nitrogen and oxygen atoms in total. The van der Waals surface area contributed by atoms with Crippen molar-refractivity contribution in [2.75, 3.05) is 6.61 Å². The molecule has 0 saturated heterocycles. The van der Waals surface area contributed by atoms with Crippen molar-refractivity contribution >= 4 is 5.78 Å². The number of carbonyl (C=O) groups excluding carboxylic acids is 1. The van der Waals surface area contributed by atoms with E-state index in [1.54, 1.807) is 54.6 Å². The SMILES string of the molecule is CCCCC(C=CC(=O)CCc1ccc(O)c(OCCc2ccc(O)cc2-c2ccc(O)cc2)c1)CCC(C)C. The number of rotatable bonds is 16. The van der Waals surface area contributed by atoms with Crippen molar-refractivity contribution in [1.82, 2.24) is 0 Å². The average Bonchev–Trinajstić information content (AvgIpc) is 2.94. The Morgan fingerprint density at radius 1 is 0.875 bits per heavy atom. The van der Waals surface area contributed by atoms with Crippen LogP contribution >= 0.6 is 0 Å². The summed E-state index contributed by atoms with van der Waals surface area (Å²) in [5.41, 5.74) is 3.65. The number of aryl methyl sites for hydroxylation is 1. The van der Waals surface area contributed by atoms with Crippen LogP contribution in [0.5, 0.6) is 23.0 Å². The van der Waals surface area contributed by atoms with Crippen molar-refractivity contribution in [3.05, 3.63) is 83.9 Å². The lowest BCUT2D eigenvalue weighted by Gasteiger charge is -2.14. The van der Waals surface area contributed by atoms with E-state index in [9.17, 15) is 20.1 Å². The van der Waals surface area contributed by atoms with Gasteiger partial charge in [0.05, 0.1) is 6.61 Å². The maximum atomic E-state index is 12.6. The van der Waals surface area contributed by atoms with Crippen LogP contribution in [-0.2, 0) is 17.6 Å². The number of hydrogen-bond acceptors (Lipinski definition) is 5. The average molecular weight is 545 g/mol. The van der Waals surface area contributed by atoms with Crippen LogP contribution in [0.3, 0.4) is 0 Å². The van der Waals surface area contributed by atoms with Crippen LogP contribution in [0.1, 0.15) is 70.4 Å². The first-order valence-electron chi connectivity index (χ1n) is 14.5. The number of carbonyl (C=O) groups is 1. The fourth-order valence-electron chi connectivity index (χ4n) is 4.74. The molecule has 0 aliphatic heterocycles. The first-order chi connectivity index (χ1) is 19.2. The van der Waals surface area contributed by atoms with Gasteiger partial charge in [0, 0.05) is 12.8 Å². The van der Waals surface area contributed by atoms with Gasteiger partial charge in [-0.3, -0.25) is 4.79 Å². The highest BCUT2D eigenvalue weighted by Crippen LogP contribution is 2.31. The number of unbranched alkanes of at least 4 members (excludes halogenated alkanes) is 1. The van der Waals surface area contributed by atoms with Crippen LogP contribution in [0, 0.1) is 11.8 Å². The summed E-state index contributed by atoms with van der Waals surface area (Å²) in [6.45, 7) is 7.00. The number of phenols is 3. The number of ketones is 1. The Kier molecular flexibility index (Phi) is 12.1. The van der Waals surface area contributed by atoms with E-state index in [1.807, 2.05) is 12.1 Å². The summed E-state index contributed by atoms with van der Waals surface area (Å²) in [5, 5.41) is 30.0. The van der Waals surface area contributed by atoms with E-state index in [4.69, 9.17) is 4.74 Å². The zero-order chi connectivity index (χ0) is 28.9. The van der Waals surface area contributed by atoms with Gasteiger partial charge in [-0.2, -0.15) is 0 Å². The molecule has 214 valence electrons. The zero-order valence-corrected chi connectivity index (χ0v) is 24.1. The van der Waals surface area contributed by atoms with Crippen molar-refractivity contribution in [3.8, 4) is 34.1 Å². The number of benzene rings is 3. The summed E-state index contributed by atoms with van der Waals surface area (Å²) in [6.07, 6.45) is 11.2. The van der Waals surface area contributed by atoms with Gasteiger partial charge in [0.1, 0.15) is 11.5 Å². The minimum absolute atomic E-state index is 0.0587. The predicted molar refractivity (Wildman–Crippen MR) is 162 cm³/mol. The van der Waals surface area contributed by atoms with Crippen LogP contribution in [-0.4, -0.2) is 27.7 Å². The minimum atomic E-state index is 0.0587. The van der Waals surface area contributed by atoms with Crippen molar-refractivity contribution in [2.24, 2.45) is 11.8 Å². The Labute approximate surface area is 239 Å². The summed E-state index contributed by atoms with van der Waals surface area (Å²) in [7, 11) is 0. The van der Waals surface area contributed by atoms with Crippen LogP contribution in [0.15, 0.2) is 72.8 Å². The Balaban J connectivity index is 1.57. The third-order valence-corrected chi connectivity index (χ3v) is 7.18. The molecule has 0 heterocycles. The molecule has 3 aromatic rings. The van der Waals surface area contributed by atoms with Gasteiger partial charge in [-0.25, -0.2) is 0 Å². The normalized spacial score (nSPS) is 12.2. The van der Waals surface area contributed by atoms with Gasteiger partial charge in [-0.1, -0.05) is 70.4 Å². The summed E-state index contributed by atoms with van der Waals surface area (Å²) < 4.78 is 5.94. The largest absolute Gasteiger partial charge is 0.508 e. The second-order valence-electron chi connectivity index (χ2n) is 11.0. The standard InChI is InChI=1S/C35H44O5/c1-4-5-6-26(8-7-25(2)3)9-15-30(36)16-10-27-11-20-34(39)35(23-27)40-22-21-29-14-19-32(38)24-33(29)28-12-17-31(37)18-13-28/h9,11-15,17-20,23-26,37-39H,4-8,10,16,21-22H2,1-3H3. The quantitative estimate of drug-likeness (QED) is 0.158. The zero-order valence-electron chi connectivity index (χ0n) is 24.1. The fraction of sp³-hybridized carbons (Fsp3) is 0.400. The fourth-order valence-corrected chi connectivity index (χ4v) is 4.74. The van der Waals surface area contributed by atoms with Gasteiger partial charge in [-0.15, -0.1) is 0 Å². The molecule has 0 spiro atoms. The number of phenolic OH excluding ortho intramolecular Hbond substituents is 3. The molecule has 3 aromatic carbocycles. The molecular weight excluding hydrogens is 500 g/mol. The number of hydrogen-bond donors (Lipinski definition) is 3. The van der Waals surface area contributed by atoms with Gasteiger partial charge in [-0.05, 0) is 95.8 Å². The summed E-state index contributed by atoms with van der Waals surface area (Å²) in [6, 6.07) is 17.3. The van der Waals surface area contributed by atoms with Crippen molar-refractivity contribution in [3.63, 3.8) is 0 Å². The van der Waals surface area contributed by atoms with Gasteiger partial charge >= 0.3 is 0 Å². The smallest absolute Gasteiger partial charge is 0.161 e. The van der Waals surface area contributed by atoms with Crippen molar-refractivity contribution in [1.29, 1.82) is 0 Å². The molecule has 3 N–H and O–H groups in total. The maximum absolute atomic E-state index is 12.6. The summed E-state index contributed by atoms with van der Waals surface area (Å²) in [5.74, 6) is 2.04. The molecule has 1 atom stereocenters. The molecule has 5 heteroatoms. The monoisotopic (exact) mass is 544 g/mol. The van der Waals surface area contributed by atoms with Crippen LogP contribution in [0.2, 0.25) is 0 Å². The van der Waals surface area contributed by atoms with Crippen molar-refractivity contribution < 1.29 is 24.9 Å². The van der Waals surface area contributed by atoms with E-state index >= 15 is 0 Å². The van der Waals surface area contributed by atoms with E-state index in [0.717, 1.165) is 35.1 Å². The van der Waals surface area contributed by atoms with E-state index in [1.165, 1.54) is 19.3 Å². The summed E-state index contributed by atoms with van der Waals surface area (Å²) >= 11 is 0. The Morgan fingerprint density at radius 2 is 1.62 bits per heavy atom. The highest BCUT2D eigenvalue weighted by molar-refractivity contribution is 5.89. The number of aromatic hydroxyl groups is 3. The molecule has 0 aliphatic rings. The highest BCUT2D eigenvalue weighted by Gasteiger charge is 2.11. The molecular formula is C35H44O5. The molecule has 0 fully saturated rings. The topological polar surface area (TPSA) is 87.0 Å². The van der Waals surface area contributed by atoms with E-state index in [2.05, 4.69) is 26.8 Å². The molecule has 3 rings (SSSR count). The van der Waals surface area contributed by atoms with E-state index < -0.39 is 0 Å². The third-order valence-electron chi connectivity index (χ3n) is 7.18. The number of ether oxygens (including phenoxy) is 1. The molecule has 0 aromatic heterocycles. The van der Waals surface area contributed by atoms with E-state index in [-0.39, 0.29) is 23.0 Å². The lowest BCUT2D eigenvalue weighted by Crippen LogP contribution is -2.04. The Bertz CT molecular complexity index is 1240. The van der Waals surface area contributed by atoms with Crippen LogP contribution < -0.4 is 4.74 Å². The van der Waals surface area contributed by atoms with Crippen LogP contribution in [0.25, 0.3) is 11.1 Å². The Hall–Kier alpha value is -3.73. The third kappa shape index (κ3) is 10.1. The predicted octanol–water partition coefficient (Wildman–Crippen LogP) is 8.39. The first-order valence-corrected chi connectivity index (χ1v) is 14.5. The molecule has 0 radical (unpaired) electrons. The van der Waals surface area contributed by atoms with Gasteiger partial charge in [0.2, 0.25) is 0 Å². The minimum Gasteiger partial charge on any atom is -0.508 e. The van der Waals surface area contributed by atoms with E-state index in [0.29, 0.717) is 43.5 Å². The van der Waals surface area contributed by atoms with Gasteiger partial charge in [0.25, 0.3) is 0 Å². The lowest BCUT2D eigenvalue weighted by atomic mass is 9.92. The maximum Gasteiger partial charge on any atom is 0.161 e.